The van der Waals surface area contributed by atoms with Gasteiger partial charge in [-0.1, -0.05) is 48.5 Å². The van der Waals surface area contributed by atoms with Crippen molar-refractivity contribution in [3.63, 3.8) is 0 Å². The molecule has 0 spiro atoms. The molecule has 0 saturated heterocycles. The summed E-state index contributed by atoms with van der Waals surface area (Å²) in [7, 11) is 0. The molecule has 1 aliphatic heterocycles. The molecule has 2 aliphatic rings. The van der Waals surface area contributed by atoms with Crippen molar-refractivity contribution in [3.05, 3.63) is 94.7 Å². The van der Waals surface area contributed by atoms with E-state index in [2.05, 4.69) is 11.1 Å². The maximum Gasteiger partial charge on any atom is 0.205 e. The SMILES string of the molecule is N#CC1=C(N)OC2=C(C(=O)C[C@H](c3ccccc3)C2)[C@H]1c1c[nH]c2ccccc12. The largest absolute Gasteiger partial charge is 0.444 e. The minimum absolute atomic E-state index is 0.00985. The van der Waals surface area contributed by atoms with E-state index < -0.39 is 5.92 Å². The summed E-state index contributed by atoms with van der Waals surface area (Å²) in [5.41, 5.74) is 9.94. The first-order valence-corrected chi connectivity index (χ1v) is 9.62. The van der Waals surface area contributed by atoms with E-state index in [1.807, 2.05) is 60.8 Å². The number of hydrogen-bond donors (Lipinski definition) is 2. The molecule has 2 heterocycles. The van der Waals surface area contributed by atoms with Crippen LogP contribution in [0.25, 0.3) is 10.9 Å². The van der Waals surface area contributed by atoms with Gasteiger partial charge >= 0.3 is 0 Å². The number of H-pyrrole nitrogens is 1. The molecule has 3 aromatic rings. The molecule has 1 aromatic heterocycles. The summed E-state index contributed by atoms with van der Waals surface area (Å²) in [5.74, 6) is 0.215. The summed E-state index contributed by atoms with van der Waals surface area (Å²) < 4.78 is 5.84. The van der Waals surface area contributed by atoms with Crippen molar-refractivity contribution in [1.29, 1.82) is 5.26 Å². The zero-order valence-electron chi connectivity index (χ0n) is 15.7. The highest BCUT2D eigenvalue weighted by atomic mass is 16.5. The molecule has 0 saturated carbocycles. The summed E-state index contributed by atoms with van der Waals surface area (Å²) in [5, 5.41) is 10.8. The van der Waals surface area contributed by atoms with Gasteiger partial charge in [-0.15, -0.1) is 0 Å². The second-order valence-electron chi connectivity index (χ2n) is 7.49. The molecule has 142 valence electrons. The molecule has 0 radical (unpaired) electrons. The second kappa shape index (κ2) is 6.68. The number of carbonyl (C=O) groups is 1. The van der Waals surface area contributed by atoms with Crippen LogP contribution in [0.15, 0.2) is 83.6 Å². The number of allylic oxidation sites excluding steroid dienone is 3. The Kier molecular flexibility index (Phi) is 3.99. The van der Waals surface area contributed by atoms with E-state index >= 15 is 0 Å². The zero-order valence-corrected chi connectivity index (χ0v) is 15.7. The van der Waals surface area contributed by atoms with Gasteiger partial charge in [-0.05, 0) is 23.1 Å². The molecule has 0 fully saturated rings. The van der Waals surface area contributed by atoms with Gasteiger partial charge in [0.15, 0.2) is 5.78 Å². The van der Waals surface area contributed by atoms with E-state index in [-0.39, 0.29) is 17.6 Å². The van der Waals surface area contributed by atoms with Crippen LogP contribution in [0.4, 0.5) is 0 Å². The normalized spacial score (nSPS) is 21.7. The first kappa shape index (κ1) is 17.3. The highest BCUT2D eigenvalue weighted by Gasteiger charge is 2.41. The standard InChI is InChI=1S/C24H19N3O2/c25-12-17-22(18-13-27-19-9-5-4-8-16(18)19)23-20(28)10-15(11-21(23)29-24(17)26)14-6-2-1-3-7-14/h1-9,13,15,22,27H,10-11,26H2/t15-,22+/m0/s1. The number of para-hydroxylation sites is 1. The van der Waals surface area contributed by atoms with Gasteiger partial charge in [0.25, 0.3) is 0 Å². The Bertz CT molecular complexity index is 1230. The Balaban J connectivity index is 1.65. The van der Waals surface area contributed by atoms with Crippen molar-refractivity contribution in [2.75, 3.05) is 0 Å². The fraction of sp³-hybridized carbons (Fsp3) is 0.167. The number of fused-ring (bicyclic) bond motifs is 1. The number of nitrogens with zero attached hydrogens (tertiary/aromatic N) is 1. The van der Waals surface area contributed by atoms with Gasteiger partial charge < -0.3 is 15.5 Å². The summed E-state index contributed by atoms with van der Waals surface area (Å²) in [4.78, 5) is 16.5. The van der Waals surface area contributed by atoms with E-state index in [9.17, 15) is 10.1 Å². The third-order valence-electron chi connectivity index (χ3n) is 5.86. The lowest BCUT2D eigenvalue weighted by molar-refractivity contribution is -0.117. The molecule has 2 atom stereocenters. The maximum absolute atomic E-state index is 13.3. The Labute approximate surface area is 168 Å². The number of nitrogens with two attached hydrogens (primary N) is 1. The van der Waals surface area contributed by atoms with Gasteiger partial charge in [0.05, 0.1) is 5.92 Å². The van der Waals surface area contributed by atoms with Crippen molar-refractivity contribution >= 4 is 16.7 Å². The molecule has 0 amide bonds. The predicted molar refractivity (Wildman–Crippen MR) is 109 cm³/mol. The fourth-order valence-corrected chi connectivity index (χ4v) is 4.51. The number of benzene rings is 2. The van der Waals surface area contributed by atoms with E-state index in [1.165, 1.54) is 0 Å². The lowest BCUT2D eigenvalue weighted by Crippen LogP contribution is -2.29. The van der Waals surface area contributed by atoms with Crippen LogP contribution in [0.3, 0.4) is 0 Å². The molecular formula is C24H19N3O2. The van der Waals surface area contributed by atoms with Crippen LogP contribution in [-0.4, -0.2) is 10.8 Å². The zero-order chi connectivity index (χ0) is 20.0. The van der Waals surface area contributed by atoms with Crippen LogP contribution in [-0.2, 0) is 9.53 Å². The minimum atomic E-state index is -0.510. The van der Waals surface area contributed by atoms with Crippen molar-refractivity contribution in [1.82, 2.24) is 4.98 Å². The van der Waals surface area contributed by atoms with Crippen molar-refractivity contribution in [2.24, 2.45) is 5.73 Å². The number of aromatic nitrogens is 1. The van der Waals surface area contributed by atoms with Crippen molar-refractivity contribution in [2.45, 2.75) is 24.7 Å². The lowest BCUT2D eigenvalue weighted by Gasteiger charge is -2.33. The average Bonchev–Trinajstić information content (AvgIpc) is 3.17. The Morgan fingerprint density at radius 1 is 1.07 bits per heavy atom. The van der Waals surface area contributed by atoms with Crippen molar-refractivity contribution < 1.29 is 9.53 Å². The smallest absolute Gasteiger partial charge is 0.205 e. The molecule has 3 N–H and O–H groups in total. The average molecular weight is 381 g/mol. The van der Waals surface area contributed by atoms with Crippen LogP contribution in [0.2, 0.25) is 0 Å². The third-order valence-corrected chi connectivity index (χ3v) is 5.86. The number of ketones is 1. The molecular weight excluding hydrogens is 362 g/mol. The molecule has 5 heteroatoms. The molecule has 29 heavy (non-hydrogen) atoms. The first-order chi connectivity index (χ1) is 14.2. The molecule has 0 bridgehead atoms. The van der Waals surface area contributed by atoms with Crippen molar-refractivity contribution in [3.8, 4) is 6.07 Å². The summed E-state index contributed by atoms with van der Waals surface area (Å²) in [6, 6.07) is 20.0. The molecule has 0 unspecified atom stereocenters. The van der Waals surface area contributed by atoms with E-state index in [4.69, 9.17) is 10.5 Å². The summed E-state index contributed by atoms with van der Waals surface area (Å²) >= 11 is 0. The van der Waals surface area contributed by atoms with Crippen LogP contribution < -0.4 is 5.73 Å². The Morgan fingerprint density at radius 3 is 2.62 bits per heavy atom. The van der Waals surface area contributed by atoms with Gasteiger partial charge in [0.2, 0.25) is 5.88 Å². The number of carbonyl (C=O) groups excluding carboxylic acids is 1. The number of ether oxygens (including phenoxy) is 1. The number of Topliss-reactive ketones (excluding diaryl/α,β-unsaturated/α-hetero) is 1. The number of rotatable bonds is 2. The molecule has 5 rings (SSSR count). The van der Waals surface area contributed by atoms with Crippen LogP contribution in [0, 0.1) is 11.3 Å². The van der Waals surface area contributed by atoms with Gasteiger partial charge in [-0.3, -0.25) is 4.79 Å². The van der Waals surface area contributed by atoms with Gasteiger partial charge in [0.1, 0.15) is 17.4 Å². The van der Waals surface area contributed by atoms with Crippen LogP contribution in [0.5, 0.6) is 0 Å². The number of nitriles is 1. The van der Waals surface area contributed by atoms with Gasteiger partial charge in [-0.2, -0.15) is 5.26 Å². The number of nitrogens with one attached hydrogen (secondary N) is 1. The van der Waals surface area contributed by atoms with Crippen LogP contribution in [0.1, 0.15) is 35.8 Å². The third kappa shape index (κ3) is 2.73. The highest BCUT2D eigenvalue weighted by molar-refractivity contribution is 6.01. The Hall–Kier alpha value is -3.78. The summed E-state index contributed by atoms with van der Waals surface area (Å²) in [6.07, 6.45) is 2.85. The number of hydrogen-bond acceptors (Lipinski definition) is 4. The summed E-state index contributed by atoms with van der Waals surface area (Å²) in [6.45, 7) is 0. The number of aromatic amines is 1. The fourth-order valence-electron chi connectivity index (χ4n) is 4.51. The van der Waals surface area contributed by atoms with Crippen LogP contribution >= 0.6 is 0 Å². The Morgan fingerprint density at radius 2 is 1.83 bits per heavy atom. The van der Waals surface area contributed by atoms with E-state index in [0.717, 1.165) is 22.0 Å². The second-order valence-corrected chi connectivity index (χ2v) is 7.49. The quantitative estimate of drug-likeness (QED) is 0.689. The van der Waals surface area contributed by atoms with E-state index in [0.29, 0.717) is 29.7 Å². The molecule has 2 aromatic carbocycles. The lowest BCUT2D eigenvalue weighted by atomic mass is 9.73. The minimum Gasteiger partial charge on any atom is -0.444 e. The maximum atomic E-state index is 13.3. The predicted octanol–water partition coefficient (Wildman–Crippen LogP) is 4.38. The van der Waals surface area contributed by atoms with Gasteiger partial charge in [-0.25, -0.2) is 0 Å². The molecule has 1 aliphatic carbocycles. The monoisotopic (exact) mass is 381 g/mol. The molecule has 5 nitrogen and oxygen atoms in total. The first-order valence-electron chi connectivity index (χ1n) is 9.62. The highest BCUT2D eigenvalue weighted by Crippen LogP contribution is 2.47. The van der Waals surface area contributed by atoms with Gasteiger partial charge in [0, 0.05) is 35.5 Å². The van der Waals surface area contributed by atoms with E-state index in [1.54, 1.807) is 0 Å². The topological polar surface area (TPSA) is 91.9 Å².